The van der Waals surface area contributed by atoms with Gasteiger partial charge in [0.05, 0.1) is 5.69 Å². The van der Waals surface area contributed by atoms with Crippen molar-refractivity contribution >= 4 is 17.5 Å². The molecule has 0 saturated heterocycles. The van der Waals surface area contributed by atoms with Crippen molar-refractivity contribution in [3.63, 3.8) is 0 Å². The number of amides is 1. The number of hydrogen-bond donors (Lipinski definition) is 1. The van der Waals surface area contributed by atoms with Crippen molar-refractivity contribution in [2.75, 3.05) is 18.5 Å². The summed E-state index contributed by atoms with van der Waals surface area (Å²) in [6.07, 6.45) is 1.86. The first-order chi connectivity index (χ1) is 15.7. The number of halogens is 1. The van der Waals surface area contributed by atoms with Gasteiger partial charge in [0, 0.05) is 11.5 Å². The standard InChI is InChI=1S/C24H21FN4O3/c25-18-8-12-20(13-9-18)32-15-14-31-19-10-6-16(7-11-19)21-2-1-3-22-26-24(28-29(21)22)27-23(30)17-4-5-17/h1-3,6-13,17H,4-5,14-15H2,(H,27,28,30). The third kappa shape index (κ3) is 4.54. The Kier molecular flexibility index (Phi) is 5.41. The molecule has 0 atom stereocenters. The second kappa shape index (κ2) is 8.66. The van der Waals surface area contributed by atoms with Gasteiger partial charge in [0.1, 0.15) is 30.5 Å². The SMILES string of the molecule is O=C(Nc1nc2cccc(-c3ccc(OCCOc4ccc(F)cc4)cc3)n2n1)C1CC1. The van der Waals surface area contributed by atoms with Crippen LogP contribution in [0.1, 0.15) is 12.8 Å². The Bertz CT molecular complexity index is 1230. The van der Waals surface area contributed by atoms with Gasteiger partial charge in [-0.1, -0.05) is 6.07 Å². The molecule has 1 aliphatic carbocycles. The summed E-state index contributed by atoms with van der Waals surface area (Å²) in [5.41, 5.74) is 2.45. The van der Waals surface area contributed by atoms with Crippen molar-refractivity contribution < 1.29 is 18.7 Å². The number of nitrogens with one attached hydrogen (secondary N) is 1. The highest BCUT2D eigenvalue weighted by Gasteiger charge is 2.30. The Balaban J connectivity index is 1.22. The molecule has 1 aliphatic rings. The molecule has 1 saturated carbocycles. The van der Waals surface area contributed by atoms with E-state index in [1.807, 2.05) is 42.5 Å². The number of fused-ring (bicyclic) bond motifs is 1. The largest absolute Gasteiger partial charge is 0.490 e. The fourth-order valence-corrected chi connectivity index (χ4v) is 3.31. The van der Waals surface area contributed by atoms with Crippen molar-refractivity contribution in [3.8, 4) is 22.8 Å². The number of rotatable bonds is 8. The number of hydrogen-bond acceptors (Lipinski definition) is 5. The number of ether oxygens (including phenoxy) is 2. The molecule has 0 spiro atoms. The average Bonchev–Trinajstić information content (AvgIpc) is 3.58. The van der Waals surface area contributed by atoms with E-state index in [9.17, 15) is 9.18 Å². The highest BCUT2D eigenvalue weighted by molar-refractivity contribution is 5.92. The number of carbonyl (C=O) groups is 1. The topological polar surface area (TPSA) is 77.8 Å². The molecule has 7 nitrogen and oxygen atoms in total. The average molecular weight is 432 g/mol. The molecular formula is C24H21FN4O3. The first-order valence-corrected chi connectivity index (χ1v) is 10.4. The lowest BCUT2D eigenvalue weighted by Crippen LogP contribution is -2.14. The summed E-state index contributed by atoms with van der Waals surface area (Å²) in [7, 11) is 0. The number of anilines is 1. The van der Waals surface area contributed by atoms with E-state index >= 15 is 0 Å². The third-order valence-corrected chi connectivity index (χ3v) is 5.13. The first kappa shape index (κ1) is 20.0. The fraction of sp³-hybridized carbons (Fsp3) is 0.208. The minimum atomic E-state index is -0.297. The molecule has 4 aromatic rings. The summed E-state index contributed by atoms with van der Waals surface area (Å²) in [5, 5.41) is 7.25. The Morgan fingerprint density at radius 1 is 0.969 bits per heavy atom. The van der Waals surface area contributed by atoms with E-state index in [0.717, 1.165) is 24.1 Å². The van der Waals surface area contributed by atoms with Gasteiger partial charge in [-0.25, -0.2) is 8.91 Å². The van der Waals surface area contributed by atoms with Gasteiger partial charge in [-0.2, -0.15) is 4.98 Å². The summed E-state index contributed by atoms with van der Waals surface area (Å²) >= 11 is 0. The van der Waals surface area contributed by atoms with Crippen LogP contribution in [0.5, 0.6) is 11.5 Å². The lowest BCUT2D eigenvalue weighted by molar-refractivity contribution is -0.117. The normalized spacial score (nSPS) is 13.2. The summed E-state index contributed by atoms with van der Waals surface area (Å²) in [5.74, 6) is 1.39. The van der Waals surface area contributed by atoms with E-state index in [1.54, 1.807) is 16.6 Å². The minimum absolute atomic E-state index is 0.0210. The zero-order chi connectivity index (χ0) is 21.9. The maximum absolute atomic E-state index is 12.9. The Labute approximate surface area is 183 Å². The number of pyridine rings is 1. The number of aromatic nitrogens is 3. The Morgan fingerprint density at radius 3 is 2.28 bits per heavy atom. The quantitative estimate of drug-likeness (QED) is 0.419. The van der Waals surface area contributed by atoms with Crippen LogP contribution in [0.2, 0.25) is 0 Å². The van der Waals surface area contributed by atoms with Crippen LogP contribution in [0.25, 0.3) is 16.9 Å². The number of nitrogens with zero attached hydrogens (tertiary/aromatic N) is 3. The molecule has 0 radical (unpaired) electrons. The molecular weight excluding hydrogens is 411 g/mol. The van der Waals surface area contributed by atoms with E-state index in [4.69, 9.17) is 9.47 Å². The summed E-state index contributed by atoms with van der Waals surface area (Å²) < 4.78 is 25.9. The minimum Gasteiger partial charge on any atom is -0.490 e. The number of carbonyl (C=O) groups excluding carboxylic acids is 1. The molecule has 5 rings (SSSR count). The molecule has 0 aliphatic heterocycles. The van der Waals surface area contributed by atoms with Crippen LogP contribution in [0, 0.1) is 11.7 Å². The zero-order valence-electron chi connectivity index (χ0n) is 17.2. The second-order valence-corrected chi connectivity index (χ2v) is 7.56. The van der Waals surface area contributed by atoms with E-state index in [1.165, 1.54) is 12.1 Å². The van der Waals surface area contributed by atoms with Crippen molar-refractivity contribution in [2.24, 2.45) is 5.92 Å². The molecule has 2 heterocycles. The fourth-order valence-electron chi connectivity index (χ4n) is 3.31. The predicted molar refractivity (Wildman–Crippen MR) is 117 cm³/mol. The van der Waals surface area contributed by atoms with Crippen molar-refractivity contribution in [1.29, 1.82) is 0 Å². The molecule has 1 N–H and O–H groups in total. The smallest absolute Gasteiger partial charge is 0.249 e. The van der Waals surface area contributed by atoms with Crippen LogP contribution in [0.3, 0.4) is 0 Å². The highest BCUT2D eigenvalue weighted by Crippen LogP contribution is 2.30. The van der Waals surface area contributed by atoms with Crippen LogP contribution < -0.4 is 14.8 Å². The molecule has 32 heavy (non-hydrogen) atoms. The predicted octanol–water partition coefficient (Wildman–Crippen LogP) is 4.34. The number of benzene rings is 2. The lowest BCUT2D eigenvalue weighted by atomic mass is 10.1. The van der Waals surface area contributed by atoms with E-state index in [0.29, 0.717) is 36.3 Å². The maximum atomic E-state index is 12.9. The van der Waals surface area contributed by atoms with Crippen LogP contribution >= 0.6 is 0 Å². The molecule has 8 heteroatoms. The molecule has 2 aromatic carbocycles. The van der Waals surface area contributed by atoms with Gasteiger partial charge in [-0.15, -0.1) is 5.10 Å². The Hall–Kier alpha value is -3.94. The van der Waals surface area contributed by atoms with Gasteiger partial charge >= 0.3 is 0 Å². The third-order valence-electron chi connectivity index (χ3n) is 5.13. The first-order valence-electron chi connectivity index (χ1n) is 10.4. The van der Waals surface area contributed by atoms with Crippen LogP contribution in [-0.2, 0) is 4.79 Å². The van der Waals surface area contributed by atoms with Gasteiger partial charge in [0.25, 0.3) is 0 Å². The monoisotopic (exact) mass is 432 g/mol. The molecule has 2 aromatic heterocycles. The van der Waals surface area contributed by atoms with Crippen molar-refractivity contribution in [1.82, 2.24) is 14.6 Å². The summed E-state index contributed by atoms with van der Waals surface area (Å²) in [4.78, 5) is 16.4. The molecule has 1 fully saturated rings. The molecule has 1 amide bonds. The second-order valence-electron chi connectivity index (χ2n) is 7.56. The molecule has 0 unspecified atom stereocenters. The van der Waals surface area contributed by atoms with Crippen LogP contribution in [0.4, 0.5) is 10.3 Å². The van der Waals surface area contributed by atoms with E-state index < -0.39 is 0 Å². The zero-order valence-corrected chi connectivity index (χ0v) is 17.2. The van der Waals surface area contributed by atoms with Crippen LogP contribution in [-0.4, -0.2) is 33.7 Å². The van der Waals surface area contributed by atoms with Gasteiger partial charge < -0.3 is 9.47 Å². The van der Waals surface area contributed by atoms with Gasteiger partial charge in [0.15, 0.2) is 5.65 Å². The summed E-state index contributed by atoms with van der Waals surface area (Å²) in [6, 6.07) is 19.2. The van der Waals surface area contributed by atoms with E-state index in [-0.39, 0.29) is 17.6 Å². The molecule has 0 bridgehead atoms. The van der Waals surface area contributed by atoms with Crippen molar-refractivity contribution in [2.45, 2.75) is 12.8 Å². The van der Waals surface area contributed by atoms with Crippen molar-refractivity contribution in [3.05, 3.63) is 72.5 Å². The van der Waals surface area contributed by atoms with Crippen LogP contribution in [0.15, 0.2) is 66.7 Å². The lowest BCUT2D eigenvalue weighted by Gasteiger charge is -2.09. The van der Waals surface area contributed by atoms with Gasteiger partial charge in [0.2, 0.25) is 11.9 Å². The molecule has 162 valence electrons. The Morgan fingerprint density at radius 2 is 1.62 bits per heavy atom. The highest BCUT2D eigenvalue weighted by atomic mass is 19.1. The van der Waals surface area contributed by atoms with Gasteiger partial charge in [-0.3, -0.25) is 10.1 Å². The summed E-state index contributed by atoms with van der Waals surface area (Å²) in [6.45, 7) is 0.709. The van der Waals surface area contributed by atoms with Gasteiger partial charge in [-0.05, 0) is 73.5 Å². The maximum Gasteiger partial charge on any atom is 0.249 e. The van der Waals surface area contributed by atoms with E-state index in [2.05, 4.69) is 15.4 Å².